The zero-order chi connectivity index (χ0) is 20.1. The molecule has 3 aliphatic rings. The lowest BCUT2D eigenvalue weighted by Gasteiger charge is -2.38. The van der Waals surface area contributed by atoms with E-state index in [-0.39, 0.29) is 28.1 Å². The van der Waals surface area contributed by atoms with E-state index in [0.29, 0.717) is 31.5 Å². The highest BCUT2D eigenvalue weighted by Crippen LogP contribution is 2.39. The summed E-state index contributed by atoms with van der Waals surface area (Å²) >= 11 is 0. The fourth-order valence-corrected chi connectivity index (χ4v) is 7.46. The summed E-state index contributed by atoms with van der Waals surface area (Å²) in [7, 11) is -6.60. The molecule has 3 heterocycles. The molecule has 0 N–H and O–H groups in total. The van der Waals surface area contributed by atoms with Gasteiger partial charge in [0.15, 0.2) is 0 Å². The number of sulfone groups is 1. The molecule has 4 rings (SSSR count). The number of carbonyl (C=O) groups is 1. The lowest BCUT2D eigenvalue weighted by molar-refractivity contribution is 0.0598. The van der Waals surface area contributed by atoms with Gasteiger partial charge in [-0.25, -0.2) is 16.8 Å². The van der Waals surface area contributed by atoms with Gasteiger partial charge in [-0.1, -0.05) is 0 Å². The molecule has 1 aromatic rings. The third-order valence-electron chi connectivity index (χ3n) is 6.33. The number of sulfonamides is 1. The highest BCUT2D eigenvalue weighted by atomic mass is 32.2. The van der Waals surface area contributed by atoms with Gasteiger partial charge in [-0.05, 0) is 62.8 Å². The van der Waals surface area contributed by atoms with Gasteiger partial charge in [-0.3, -0.25) is 4.79 Å². The minimum atomic E-state index is -3.50. The fourth-order valence-electron chi connectivity index (χ4n) is 4.80. The van der Waals surface area contributed by atoms with Crippen molar-refractivity contribution in [3.8, 4) is 0 Å². The number of benzene rings is 1. The number of fused-ring (bicyclic) bond motifs is 2. The topological polar surface area (TPSA) is 91.8 Å². The van der Waals surface area contributed by atoms with Gasteiger partial charge in [0.25, 0.3) is 5.91 Å². The molecule has 0 spiro atoms. The normalized spacial score (nSPS) is 28.6. The van der Waals surface area contributed by atoms with E-state index in [1.165, 1.54) is 22.7 Å². The summed E-state index contributed by atoms with van der Waals surface area (Å²) in [4.78, 5) is 15.1. The van der Waals surface area contributed by atoms with Gasteiger partial charge in [0.1, 0.15) is 9.84 Å². The Labute approximate surface area is 166 Å². The SMILES string of the molecule is CS(=O)(=O)C1CC2CCC(C1)N2C(=O)c1ccc(S(=O)(=O)N2CCCC2)cc1. The molecule has 7 nitrogen and oxygen atoms in total. The summed E-state index contributed by atoms with van der Waals surface area (Å²) < 4.78 is 50.6. The van der Waals surface area contributed by atoms with Crippen molar-refractivity contribution < 1.29 is 21.6 Å². The van der Waals surface area contributed by atoms with Crippen molar-refractivity contribution in [2.24, 2.45) is 0 Å². The summed E-state index contributed by atoms with van der Waals surface area (Å²) in [5.41, 5.74) is 0.454. The van der Waals surface area contributed by atoms with Crippen LogP contribution in [0.25, 0.3) is 0 Å². The van der Waals surface area contributed by atoms with Crippen LogP contribution < -0.4 is 0 Å². The zero-order valence-corrected chi connectivity index (χ0v) is 17.6. The molecule has 28 heavy (non-hydrogen) atoms. The number of nitrogens with zero attached hydrogens (tertiary/aromatic N) is 2. The first kappa shape index (κ1) is 19.8. The number of carbonyl (C=O) groups excluding carboxylic acids is 1. The highest BCUT2D eigenvalue weighted by Gasteiger charge is 2.46. The van der Waals surface area contributed by atoms with Crippen molar-refractivity contribution in [2.45, 2.75) is 60.8 Å². The number of hydrogen-bond donors (Lipinski definition) is 0. The number of hydrogen-bond acceptors (Lipinski definition) is 5. The third kappa shape index (κ3) is 3.48. The fraction of sp³-hybridized carbons (Fsp3) is 0.632. The smallest absolute Gasteiger partial charge is 0.254 e. The number of rotatable bonds is 4. The van der Waals surface area contributed by atoms with Gasteiger partial charge >= 0.3 is 0 Å². The van der Waals surface area contributed by atoms with Crippen LogP contribution in [0.2, 0.25) is 0 Å². The van der Waals surface area contributed by atoms with E-state index >= 15 is 0 Å². The molecule has 1 amide bonds. The molecular formula is C19H26N2O5S2. The van der Waals surface area contributed by atoms with Crippen LogP contribution in [-0.4, -0.2) is 68.6 Å². The molecule has 0 aromatic heterocycles. The Hall–Kier alpha value is -1.45. The number of piperidine rings is 1. The van der Waals surface area contributed by atoms with Crippen LogP contribution in [-0.2, 0) is 19.9 Å². The summed E-state index contributed by atoms with van der Waals surface area (Å²) in [6, 6.07) is 6.05. The van der Waals surface area contributed by atoms with Gasteiger partial charge in [-0.15, -0.1) is 0 Å². The van der Waals surface area contributed by atoms with E-state index in [1.54, 1.807) is 12.1 Å². The zero-order valence-electron chi connectivity index (χ0n) is 16.0. The van der Waals surface area contributed by atoms with Crippen molar-refractivity contribution in [2.75, 3.05) is 19.3 Å². The molecule has 154 valence electrons. The van der Waals surface area contributed by atoms with Crippen molar-refractivity contribution in [1.29, 1.82) is 0 Å². The average Bonchev–Trinajstić information content (AvgIpc) is 3.27. The van der Waals surface area contributed by atoms with Gasteiger partial charge in [0.2, 0.25) is 10.0 Å². The van der Waals surface area contributed by atoms with Crippen LogP contribution in [0.15, 0.2) is 29.2 Å². The number of amides is 1. The summed E-state index contributed by atoms with van der Waals surface area (Å²) in [6.45, 7) is 1.09. The Morgan fingerprint density at radius 2 is 1.46 bits per heavy atom. The van der Waals surface area contributed by atoms with Crippen LogP contribution in [0.1, 0.15) is 48.9 Å². The Morgan fingerprint density at radius 1 is 0.929 bits per heavy atom. The van der Waals surface area contributed by atoms with E-state index in [0.717, 1.165) is 25.7 Å². The molecule has 1 aromatic carbocycles. The molecule has 2 unspecified atom stereocenters. The van der Waals surface area contributed by atoms with E-state index in [4.69, 9.17) is 0 Å². The van der Waals surface area contributed by atoms with Crippen molar-refractivity contribution >= 4 is 25.8 Å². The Kier molecular flexibility index (Phi) is 5.04. The molecule has 0 aliphatic carbocycles. The predicted molar refractivity (Wildman–Crippen MR) is 105 cm³/mol. The van der Waals surface area contributed by atoms with Crippen molar-refractivity contribution in [1.82, 2.24) is 9.21 Å². The lowest BCUT2D eigenvalue weighted by atomic mass is 10.0. The standard InChI is InChI=1S/C19H26N2O5S2/c1-27(23,24)18-12-15-6-7-16(13-18)21(15)19(22)14-4-8-17(9-5-14)28(25,26)20-10-2-3-11-20/h4-5,8-9,15-16,18H,2-3,6-7,10-13H2,1H3. The second kappa shape index (κ2) is 7.11. The molecule has 3 saturated heterocycles. The summed E-state index contributed by atoms with van der Waals surface area (Å²) in [5.74, 6) is -0.135. The van der Waals surface area contributed by atoms with Crippen molar-refractivity contribution in [3.05, 3.63) is 29.8 Å². The quantitative estimate of drug-likeness (QED) is 0.730. The van der Waals surface area contributed by atoms with Crippen molar-refractivity contribution in [3.63, 3.8) is 0 Å². The minimum absolute atomic E-state index is 0.0565. The van der Waals surface area contributed by atoms with E-state index < -0.39 is 19.9 Å². The first-order valence-electron chi connectivity index (χ1n) is 9.79. The van der Waals surface area contributed by atoms with Crippen LogP contribution in [0.4, 0.5) is 0 Å². The third-order valence-corrected chi connectivity index (χ3v) is 9.84. The Morgan fingerprint density at radius 3 is 1.96 bits per heavy atom. The lowest BCUT2D eigenvalue weighted by Crippen LogP contribution is -2.49. The molecular weight excluding hydrogens is 400 g/mol. The summed E-state index contributed by atoms with van der Waals surface area (Å²) in [6.07, 6.45) is 5.65. The highest BCUT2D eigenvalue weighted by molar-refractivity contribution is 7.91. The van der Waals surface area contributed by atoms with Crippen LogP contribution >= 0.6 is 0 Å². The molecule has 9 heteroatoms. The monoisotopic (exact) mass is 426 g/mol. The van der Waals surface area contributed by atoms with Gasteiger partial charge in [0, 0.05) is 37.0 Å². The predicted octanol–water partition coefficient (Wildman–Crippen LogP) is 1.65. The maximum atomic E-state index is 13.1. The molecule has 0 saturated carbocycles. The van der Waals surface area contributed by atoms with Crippen LogP contribution in [0.5, 0.6) is 0 Å². The molecule has 2 bridgehead atoms. The maximum absolute atomic E-state index is 13.1. The van der Waals surface area contributed by atoms with Crippen LogP contribution in [0, 0.1) is 0 Å². The average molecular weight is 427 g/mol. The maximum Gasteiger partial charge on any atom is 0.254 e. The molecule has 3 aliphatic heterocycles. The Balaban J connectivity index is 1.52. The van der Waals surface area contributed by atoms with Gasteiger partial charge in [-0.2, -0.15) is 4.31 Å². The van der Waals surface area contributed by atoms with Gasteiger partial charge < -0.3 is 4.90 Å². The van der Waals surface area contributed by atoms with Gasteiger partial charge in [0.05, 0.1) is 10.1 Å². The first-order chi connectivity index (χ1) is 13.2. The molecule has 2 atom stereocenters. The largest absolute Gasteiger partial charge is 0.333 e. The molecule has 0 radical (unpaired) electrons. The van der Waals surface area contributed by atoms with E-state index in [2.05, 4.69) is 0 Å². The van der Waals surface area contributed by atoms with E-state index in [9.17, 15) is 21.6 Å². The van der Waals surface area contributed by atoms with E-state index in [1.807, 2.05) is 4.90 Å². The Bertz CT molecular complexity index is 952. The molecule has 3 fully saturated rings. The minimum Gasteiger partial charge on any atom is -0.333 e. The summed E-state index contributed by atoms with van der Waals surface area (Å²) in [5, 5.41) is -0.373. The second-order valence-corrected chi connectivity index (χ2v) is 12.4. The second-order valence-electron chi connectivity index (χ2n) is 8.16. The van der Waals surface area contributed by atoms with Crippen LogP contribution in [0.3, 0.4) is 0 Å². The first-order valence-corrected chi connectivity index (χ1v) is 13.2.